The van der Waals surface area contributed by atoms with E-state index in [1.807, 2.05) is 32.2 Å². The minimum Gasteiger partial charge on any atom is -0.350 e. The monoisotopic (exact) mass is 466 g/mol. The summed E-state index contributed by atoms with van der Waals surface area (Å²) in [6.07, 6.45) is 8.64. The summed E-state index contributed by atoms with van der Waals surface area (Å²) < 4.78 is 31.7. The van der Waals surface area contributed by atoms with Gasteiger partial charge in [-0.3, -0.25) is 14.5 Å². The fourth-order valence-corrected chi connectivity index (χ4v) is 4.32. The van der Waals surface area contributed by atoms with E-state index in [-0.39, 0.29) is 18.5 Å². The van der Waals surface area contributed by atoms with Gasteiger partial charge in [0, 0.05) is 55.3 Å². The minimum atomic E-state index is -3.72. The second kappa shape index (κ2) is 9.55. The number of aliphatic imine (C=N–C) groups is 1. The number of hydrogen-bond acceptors (Lipinski definition) is 5. The Labute approximate surface area is 192 Å². The summed E-state index contributed by atoms with van der Waals surface area (Å²) in [5, 5.41) is 2.87. The molecule has 0 saturated heterocycles. The number of carbonyl (C=O) groups is 1. The zero-order valence-corrected chi connectivity index (χ0v) is 19.3. The van der Waals surface area contributed by atoms with E-state index in [9.17, 15) is 13.2 Å². The van der Waals surface area contributed by atoms with Crippen LogP contribution in [-0.4, -0.2) is 42.5 Å². The van der Waals surface area contributed by atoms with Crippen molar-refractivity contribution in [1.82, 2.24) is 19.4 Å². The minimum absolute atomic E-state index is 0.0425. The van der Waals surface area contributed by atoms with E-state index < -0.39 is 10.2 Å². The van der Waals surface area contributed by atoms with Crippen molar-refractivity contribution in [2.75, 3.05) is 11.3 Å². The third-order valence-electron chi connectivity index (χ3n) is 4.93. The van der Waals surface area contributed by atoms with Crippen molar-refractivity contribution in [1.29, 1.82) is 0 Å². The molecule has 33 heavy (non-hydrogen) atoms. The number of amides is 1. The summed E-state index contributed by atoms with van der Waals surface area (Å²) in [5.41, 5.74) is 3.94. The van der Waals surface area contributed by atoms with Crippen LogP contribution in [0.1, 0.15) is 37.0 Å². The van der Waals surface area contributed by atoms with Crippen LogP contribution in [0, 0.1) is 0 Å². The molecule has 0 aliphatic carbocycles. The number of pyridine rings is 1. The van der Waals surface area contributed by atoms with Crippen molar-refractivity contribution in [3.05, 3.63) is 66.1 Å². The molecule has 4 rings (SSSR count). The second-order valence-corrected chi connectivity index (χ2v) is 9.51. The average Bonchev–Trinajstić information content (AvgIpc) is 3.42. The summed E-state index contributed by atoms with van der Waals surface area (Å²) >= 11 is 0. The molecule has 0 fully saturated rings. The highest BCUT2D eigenvalue weighted by atomic mass is 32.2. The first kappa shape index (κ1) is 22.7. The van der Waals surface area contributed by atoms with Gasteiger partial charge in [-0.05, 0) is 38.1 Å². The highest BCUT2D eigenvalue weighted by molar-refractivity contribution is 7.90. The molecule has 172 valence electrons. The van der Waals surface area contributed by atoms with Gasteiger partial charge in [0.2, 0.25) is 0 Å². The van der Waals surface area contributed by atoms with Crippen LogP contribution in [-0.2, 0) is 10.2 Å². The summed E-state index contributed by atoms with van der Waals surface area (Å²) in [5.74, 6) is -0.151. The molecular formula is C23H26N6O3S. The number of benzene rings is 1. The topological polar surface area (TPSA) is 117 Å². The van der Waals surface area contributed by atoms with Gasteiger partial charge in [-0.2, -0.15) is 13.1 Å². The van der Waals surface area contributed by atoms with Gasteiger partial charge in [-0.15, -0.1) is 0 Å². The van der Waals surface area contributed by atoms with E-state index in [2.05, 4.69) is 24.7 Å². The standard InChI is InChI=1S/C23H26N6O3S/c1-16(2)26-23(30)18-8-9-22-27-21(15-29(22)14-18)17-5-3-6-20(13-17)28-33(31,32)25-12-10-19-7-4-11-24-19/h3,5-9,11,13-16,25,28H,4,10,12H2,1-2H3,(H,26,30). The van der Waals surface area contributed by atoms with E-state index in [0.29, 0.717) is 29.0 Å². The Hall–Kier alpha value is -3.50. The van der Waals surface area contributed by atoms with Gasteiger partial charge in [-0.25, -0.2) is 4.98 Å². The predicted molar refractivity (Wildman–Crippen MR) is 130 cm³/mol. The lowest BCUT2D eigenvalue weighted by Crippen LogP contribution is -2.31. The maximum Gasteiger partial charge on any atom is 0.299 e. The number of nitrogens with one attached hydrogen (secondary N) is 3. The van der Waals surface area contributed by atoms with Crippen molar-refractivity contribution in [3.63, 3.8) is 0 Å². The lowest BCUT2D eigenvalue weighted by molar-refractivity contribution is 0.0942. The van der Waals surface area contributed by atoms with Crippen LogP contribution in [0.5, 0.6) is 0 Å². The Morgan fingerprint density at radius 2 is 2.03 bits per heavy atom. The molecule has 1 aliphatic heterocycles. The van der Waals surface area contributed by atoms with Crippen molar-refractivity contribution in [2.24, 2.45) is 4.99 Å². The fraction of sp³-hybridized carbons (Fsp3) is 0.261. The van der Waals surface area contributed by atoms with Crippen molar-refractivity contribution >= 4 is 33.7 Å². The van der Waals surface area contributed by atoms with Crippen LogP contribution in [0.4, 0.5) is 5.69 Å². The first-order valence-electron chi connectivity index (χ1n) is 10.7. The first-order valence-corrected chi connectivity index (χ1v) is 12.2. The molecule has 10 heteroatoms. The number of allylic oxidation sites excluding steroid dienone is 1. The third kappa shape index (κ3) is 5.85. The number of fused-ring (bicyclic) bond motifs is 1. The Kier molecular flexibility index (Phi) is 6.57. The van der Waals surface area contributed by atoms with Gasteiger partial charge in [0.15, 0.2) is 0 Å². The van der Waals surface area contributed by atoms with Crippen LogP contribution in [0.25, 0.3) is 16.9 Å². The molecule has 0 atom stereocenters. The molecule has 0 bridgehead atoms. The summed E-state index contributed by atoms with van der Waals surface area (Å²) in [6.45, 7) is 4.08. The number of hydrogen-bond donors (Lipinski definition) is 3. The molecule has 0 unspecified atom stereocenters. The highest BCUT2D eigenvalue weighted by Gasteiger charge is 2.13. The number of aromatic nitrogens is 2. The zero-order chi connectivity index (χ0) is 23.4. The summed E-state index contributed by atoms with van der Waals surface area (Å²) in [7, 11) is -3.72. The number of anilines is 1. The molecule has 1 aromatic carbocycles. The average molecular weight is 467 g/mol. The molecule has 0 radical (unpaired) electrons. The lowest BCUT2D eigenvalue weighted by Gasteiger charge is -2.10. The maximum atomic E-state index is 12.4. The molecular weight excluding hydrogens is 440 g/mol. The summed E-state index contributed by atoms with van der Waals surface area (Å²) in [6, 6.07) is 10.6. The Balaban J connectivity index is 1.47. The zero-order valence-electron chi connectivity index (χ0n) is 18.4. The van der Waals surface area contributed by atoms with E-state index in [0.717, 1.165) is 17.7 Å². The number of carbonyl (C=O) groups excluding carboxylic acids is 1. The second-order valence-electron chi connectivity index (χ2n) is 8.01. The van der Waals surface area contributed by atoms with Crippen molar-refractivity contribution < 1.29 is 13.2 Å². The molecule has 1 aliphatic rings. The first-order chi connectivity index (χ1) is 15.8. The lowest BCUT2D eigenvalue weighted by atomic mass is 10.1. The van der Waals surface area contributed by atoms with E-state index in [1.54, 1.807) is 47.1 Å². The van der Waals surface area contributed by atoms with Crippen molar-refractivity contribution in [3.8, 4) is 11.3 Å². The van der Waals surface area contributed by atoms with E-state index >= 15 is 0 Å². The fourth-order valence-electron chi connectivity index (χ4n) is 3.44. The molecule has 9 nitrogen and oxygen atoms in total. The molecule has 3 aromatic rings. The molecule has 1 amide bonds. The molecule has 3 heterocycles. The van der Waals surface area contributed by atoms with Crippen LogP contribution in [0.2, 0.25) is 0 Å². The highest BCUT2D eigenvalue weighted by Crippen LogP contribution is 2.23. The number of nitrogens with zero attached hydrogens (tertiary/aromatic N) is 3. The van der Waals surface area contributed by atoms with E-state index in [4.69, 9.17) is 0 Å². The Bertz CT molecular complexity index is 1340. The van der Waals surface area contributed by atoms with Crippen LogP contribution in [0.3, 0.4) is 0 Å². The third-order valence-corrected chi connectivity index (χ3v) is 6.02. The molecule has 0 spiro atoms. The van der Waals surface area contributed by atoms with Crippen LogP contribution < -0.4 is 14.8 Å². The van der Waals surface area contributed by atoms with Gasteiger partial charge in [-0.1, -0.05) is 18.2 Å². The van der Waals surface area contributed by atoms with Gasteiger partial charge < -0.3 is 9.72 Å². The van der Waals surface area contributed by atoms with Gasteiger partial charge in [0.05, 0.1) is 16.9 Å². The summed E-state index contributed by atoms with van der Waals surface area (Å²) in [4.78, 5) is 21.1. The normalized spacial score (nSPS) is 13.5. The van der Waals surface area contributed by atoms with Gasteiger partial charge in [0.1, 0.15) is 5.65 Å². The predicted octanol–water partition coefficient (Wildman–Crippen LogP) is 3.13. The number of rotatable bonds is 9. The number of imidazole rings is 1. The van der Waals surface area contributed by atoms with Crippen LogP contribution in [0.15, 0.2) is 65.6 Å². The maximum absolute atomic E-state index is 12.4. The SMILES string of the molecule is CC(C)NC(=O)c1ccc2nc(-c3cccc(NS(=O)(=O)NCCC4=CCC=N4)c3)cn2c1. The smallest absolute Gasteiger partial charge is 0.299 e. The van der Waals surface area contributed by atoms with Crippen molar-refractivity contribution in [2.45, 2.75) is 32.7 Å². The van der Waals surface area contributed by atoms with Gasteiger partial charge in [0.25, 0.3) is 16.1 Å². The van der Waals surface area contributed by atoms with Gasteiger partial charge >= 0.3 is 0 Å². The Morgan fingerprint density at radius 3 is 2.79 bits per heavy atom. The van der Waals surface area contributed by atoms with Crippen LogP contribution >= 0.6 is 0 Å². The molecule has 3 N–H and O–H groups in total. The Morgan fingerprint density at radius 1 is 1.18 bits per heavy atom. The molecule has 2 aromatic heterocycles. The molecule has 0 saturated carbocycles. The van der Waals surface area contributed by atoms with E-state index in [1.165, 1.54) is 0 Å². The quantitative estimate of drug-likeness (QED) is 0.449. The largest absolute Gasteiger partial charge is 0.350 e.